The highest BCUT2D eigenvalue weighted by molar-refractivity contribution is 14.1. The van der Waals surface area contributed by atoms with E-state index in [1.54, 1.807) is 0 Å². The van der Waals surface area contributed by atoms with Gasteiger partial charge in [0, 0.05) is 14.7 Å². The van der Waals surface area contributed by atoms with Crippen molar-refractivity contribution < 1.29 is 9.53 Å². The van der Waals surface area contributed by atoms with Gasteiger partial charge in [0.05, 0.1) is 0 Å². The summed E-state index contributed by atoms with van der Waals surface area (Å²) >= 11 is 2.24. The van der Waals surface area contributed by atoms with Crippen LogP contribution in [0.1, 0.15) is 19.4 Å². The minimum absolute atomic E-state index is 0.526. The topological polar surface area (TPSA) is 26.3 Å². The lowest BCUT2D eigenvalue weighted by atomic mass is 9.93. The van der Waals surface area contributed by atoms with Crippen LogP contribution < -0.4 is 4.74 Å². The third-order valence-electron chi connectivity index (χ3n) is 2.47. The number of rotatable bonds is 1. The van der Waals surface area contributed by atoms with Gasteiger partial charge in [0.2, 0.25) is 0 Å². The molecule has 1 aliphatic rings. The van der Waals surface area contributed by atoms with Crippen LogP contribution in [0.25, 0.3) is 6.08 Å². The molecule has 15 heavy (non-hydrogen) atoms. The van der Waals surface area contributed by atoms with Crippen molar-refractivity contribution in [1.82, 2.24) is 0 Å². The van der Waals surface area contributed by atoms with Gasteiger partial charge in [-0.2, -0.15) is 0 Å². The van der Waals surface area contributed by atoms with Crippen molar-refractivity contribution in [3.8, 4) is 5.75 Å². The van der Waals surface area contributed by atoms with Crippen molar-refractivity contribution >= 4 is 35.0 Å². The highest BCUT2D eigenvalue weighted by atomic mass is 127. The molecular formula is C12H11IO2. The Morgan fingerprint density at radius 3 is 2.80 bits per heavy atom. The van der Waals surface area contributed by atoms with Crippen molar-refractivity contribution in [2.24, 2.45) is 0 Å². The number of halogens is 1. The molecule has 0 amide bonds. The number of hydrogen-bond acceptors (Lipinski definition) is 2. The van der Waals surface area contributed by atoms with Gasteiger partial charge in [-0.1, -0.05) is 0 Å². The van der Waals surface area contributed by atoms with Crippen molar-refractivity contribution in [2.45, 2.75) is 19.4 Å². The second-order valence-corrected chi connectivity index (χ2v) is 5.26. The first-order valence-corrected chi connectivity index (χ1v) is 5.77. The van der Waals surface area contributed by atoms with Gasteiger partial charge in [0.1, 0.15) is 17.6 Å². The highest BCUT2D eigenvalue weighted by Gasteiger charge is 2.29. The third-order valence-corrected chi connectivity index (χ3v) is 3.14. The molecule has 2 nitrogen and oxygen atoms in total. The number of carbonyl (C=O) groups excluding carboxylic acids is 1. The molecule has 0 N–H and O–H groups in total. The summed E-state index contributed by atoms with van der Waals surface area (Å²) in [6.07, 6.45) is 2.76. The lowest BCUT2D eigenvalue weighted by molar-refractivity contribution is -0.106. The molecule has 1 aromatic rings. The van der Waals surface area contributed by atoms with E-state index < -0.39 is 5.60 Å². The standard InChI is InChI=1S/C12H11IO2/c1-12(2)9(7-14)5-8-6-10(13)3-4-11(8)15-12/h3-7H,1-2H3. The first-order chi connectivity index (χ1) is 7.03. The second kappa shape index (κ2) is 3.63. The third kappa shape index (κ3) is 1.93. The largest absolute Gasteiger partial charge is 0.482 e. The first kappa shape index (κ1) is 10.7. The van der Waals surface area contributed by atoms with Crippen LogP contribution in [0.15, 0.2) is 23.8 Å². The average Bonchev–Trinajstić information content (AvgIpc) is 2.17. The number of benzene rings is 1. The molecule has 0 radical (unpaired) electrons. The van der Waals surface area contributed by atoms with Crippen LogP contribution in [0.3, 0.4) is 0 Å². The summed E-state index contributed by atoms with van der Waals surface area (Å²) in [4.78, 5) is 10.9. The molecule has 0 atom stereocenters. The van der Waals surface area contributed by atoms with E-state index in [0.29, 0.717) is 5.57 Å². The summed E-state index contributed by atoms with van der Waals surface area (Å²) < 4.78 is 6.91. The van der Waals surface area contributed by atoms with Crippen LogP contribution >= 0.6 is 22.6 Å². The highest BCUT2D eigenvalue weighted by Crippen LogP contribution is 2.35. The Morgan fingerprint density at radius 1 is 1.40 bits per heavy atom. The van der Waals surface area contributed by atoms with E-state index >= 15 is 0 Å². The Morgan fingerprint density at radius 2 is 2.13 bits per heavy atom. The van der Waals surface area contributed by atoms with Gasteiger partial charge < -0.3 is 4.74 Å². The average molecular weight is 314 g/mol. The fraction of sp³-hybridized carbons (Fsp3) is 0.250. The molecule has 1 heterocycles. The molecule has 0 unspecified atom stereocenters. The normalized spacial score (nSPS) is 17.4. The molecule has 3 heteroatoms. The van der Waals surface area contributed by atoms with Gasteiger partial charge in [-0.3, -0.25) is 4.79 Å². The van der Waals surface area contributed by atoms with Gasteiger partial charge in [-0.15, -0.1) is 0 Å². The van der Waals surface area contributed by atoms with E-state index in [2.05, 4.69) is 22.6 Å². The summed E-state index contributed by atoms with van der Waals surface area (Å²) in [6.45, 7) is 3.79. The smallest absolute Gasteiger partial charge is 0.150 e. The van der Waals surface area contributed by atoms with E-state index in [0.717, 1.165) is 21.2 Å². The van der Waals surface area contributed by atoms with Crippen LogP contribution in [0.4, 0.5) is 0 Å². The van der Waals surface area contributed by atoms with Gasteiger partial charge in [-0.25, -0.2) is 0 Å². The van der Waals surface area contributed by atoms with Crippen LogP contribution in [-0.4, -0.2) is 11.9 Å². The Hall–Kier alpha value is -0.840. The Kier molecular flexibility index (Phi) is 2.58. The SMILES string of the molecule is CC1(C)Oc2ccc(I)cc2C=C1C=O. The number of ether oxygens (including phenoxy) is 1. The number of aldehydes is 1. The molecule has 0 aliphatic carbocycles. The second-order valence-electron chi connectivity index (χ2n) is 4.01. The number of carbonyl (C=O) groups is 1. The minimum atomic E-state index is -0.526. The molecule has 0 saturated carbocycles. The molecule has 78 valence electrons. The monoisotopic (exact) mass is 314 g/mol. The molecule has 2 rings (SSSR count). The molecule has 0 aromatic heterocycles. The van der Waals surface area contributed by atoms with Gasteiger partial charge in [0.25, 0.3) is 0 Å². The Bertz CT molecular complexity index is 447. The van der Waals surface area contributed by atoms with Crippen molar-refractivity contribution in [3.05, 3.63) is 32.9 Å². The summed E-state index contributed by atoms with van der Waals surface area (Å²) in [5, 5.41) is 0. The van der Waals surface area contributed by atoms with E-state index in [-0.39, 0.29) is 0 Å². The maximum Gasteiger partial charge on any atom is 0.150 e. The fourth-order valence-electron chi connectivity index (χ4n) is 1.58. The zero-order valence-corrected chi connectivity index (χ0v) is 10.7. The predicted molar refractivity (Wildman–Crippen MR) is 67.9 cm³/mol. The Labute approximate surface area is 102 Å². The summed E-state index contributed by atoms with van der Waals surface area (Å²) in [5.41, 5.74) is 1.13. The molecular weight excluding hydrogens is 303 g/mol. The summed E-state index contributed by atoms with van der Waals surface area (Å²) in [7, 11) is 0. The van der Waals surface area contributed by atoms with Gasteiger partial charge >= 0.3 is 0 Å². The van der Waals surface area contributed by atoms with E-state index in [4.69, 9.17) is 4.74 Å². The number of fused-ring (bicyclic) bond motifs is 1. The summed E-state index contributed by atoms with van der Waals surface area (Å²) in [5.74, 6) is 0.839. The zero-order chi connectivity index (χ0) is 11.1. The molecule has 0 spiro atoms. The molecule has 1 aromatic carbocycles. The number of hydrogen-bond donors (Lipinski definition) is 0. The quantitative estimate of drug-likeness (QED) is 0.588. The fourth-order valence-corrected chi connectivity index (χ4v) is 2.09. The zero-order valence-electron chi connectivity index (χ0n) is 8.58. The van der Waals surface area contributed by atoms with E-state index in [9.17, 15) is 4.79 Å². The van der Waals surface area contributed by atoms with Crippen molar-refractivity contribution in [3.63, 3.8) is 0 Å². The van der Waals surface area contributed by atoms with Crippen LogP contribution in [0.2, 0.25) is 0 Å². The van der Waals surface area contributed by atoms with E-state index in [1.807, 2.05) is 38.1 Å². The first-order valence-electron chi connectivity index (χ1n) is 4.69. The van der Waals surface area contributed by atoms with Gasteiger partial charge in [-0.05, 0) is 60.7 Å². The lowest BCUT2D eigenvalue weighted by Gasteiger charge is -2.31. The molecule has 0 bridgehead atoms. The van der Waals surface area contributed by atoms with Crippen molar-refractivity contribution in [2.75, 3.05) is 0 Å². The maximum atomic E-state index is 10.9. The predicted octanol–water partition coefficient (Wildman–Crippen LogP) is 3.04. The molecule has 0 saturated heterocycles. The van der Waals surface area contributed by atoms with Crippen LogP contribution in [0.5, 0.6) is 5.75 Å². The van der Waals surface area contributed by atoms with Crippen molar-refractivity contribution in [1.29, 1.82) is 0 Å². The van der Waals surface area contributed by atoms with Crippen LogP contribution in [0, 0.1) is 3.57 Å². The van der Waals surface area contributed by atoms with Crippen LogP contribution in [-0.2, 0) is 4.79 Å². The summed E-state index contributed by atoms with van der Waals surface area (Å²) in [6, 6.07) is 5.95. The van der Waals surface area contributed by atoms with Gasteiger partial charge in [0.15, 0.2) is 0 Å². The maximum absolute atomic E-state index is 10.9. The molecule has 0 fully saturated rings. The minimum Gasteiger partial charge on any atom is -0.482 e. The Balaban J connectivity index is 2.57. The van der Waals surface area contributed by atoms with E-state index in [1.165, 1.54) is 0 Å². The molecule has 1 aliphatic heterocycles. The lowest BCUT2D eigenvalue weighted by Crippen LogP contribution is -2.33.